The van der Waals surface area contributed by atoms with Gasteiger partial charge in [-0.25, -0.2) is 4.39 Å². The van der Waals surface area contributed by atoms with Gasteiger partial charge in [0.2, 0.25) is 4.96 Å². The quantitative estimate of drug-likeness (QED) is 0.569. The van der Waals surface area contributed by atoms with Crippen LogP contribution in [0.3, 0.4) is 0 Å². The standard InChI is InChI=1S/C16H15FN6S/c1-3-7-22-13(8-10(2)20-22)15-21-23-14(18-19-16(23)24-15)11-5-4-6-12(17)9-11/h4-6,8-9H,3,7H2,1-2H3. The van der Waals surface area contributed by atoms with Crippen molar-refractivity contribution in [2.45, 2.75) is 26.8 Å². The van der Waals surface area contributed by atoms with E-state index in [2.05, 4.69) is 27.3 Å². The van der Waals surface area contributed by atoms with Crippen molar-refractivity contribution in [2.24, 2.45) is 0 Å². The van der Waals surface area contributed by atoms with Gasteiger partial charge in [0.25, 0.3) is 0 Å². The lowest BCUT2D eigenvalue weighted by Gasteiger charge is -2.02. The van der Waals surface area contributed by atoms with Crippen LogP contribution in [0, 0.1) is 12.7 Å². The molecular formula is C16H15FN6S. The number of benzene rings is 1. The van der Waals surface area contributed by atoms with Crippen LogP contribution in [0.4, 0.5) is 4.39 Å². The SMILES string of the molecule is CCCn1nc(C)cc1-c1nn2c(-c3cccc(F)c3)nnc2s1. The smallest absolute Gasteiger partial charge is 0.235 e. The van der Waals surface area contributed by atoms with Gasteiger partial charge in [0, 0.05) is 12.1 Å². The molecule has 3 heterocycles. The molecule has 8 heteroatoms. The van der Waals surface area contributed by atoms with E-state index in [0.29, 0.717) is 16.3 Å². The number of hydrogen-bond donors (Lipinski definition) is 0. The zero-order valence-corrected chi connectivity index (χ0v) is 14.1. The summed E-state index contributed by atoms with van der Waals surface area (Å²) in [6.45, 7) is 4.91. The van der Waals surface area contributed by atoms with E-state index in [9.17, 15) is 4.39 Å². The first-order chi connectivity index (χ1) is 11.7. The van der Waals surface area contributed by atoms with Gasteiger partial charge in [-0.3, -0.25) is 4.68 Å². The first kappa shape index (κ1) is 14.9. The second-order valence-corrected chi connectivity index (χ2v) is 6.49. The summed E-state index contributed by atoms with van der Waals surface area (Å²) in [5.41, 5.74) is 2.57. The van der Waals surface area contributed by atoms with E-state index < -0.39 is 0 Å². The van der Waals surface area contributed by atoms with Crippen LogP contribution in [-0.4, -0.2) is 29.6 Å². The van der Waals surface area contributed by atoms with Gasteiger partial charge in [-0.2, -0.15) is 14.7 Å². The lowest BCUT2D eigenvalue weighted by atomic mass is 10.2. The molecule has 0 amide bonds. The van der Waals surface area contributed by atoms with E-state index in [1.165, 1.54) is 23.5 Å². The third-order valence-electron chi connectivity index (χ3n) is 3.63. The van der Waals surface area contributed by atoms with E-state index in [0.717, 1.165) is 29.4 Å². The molecule has 0 fully saturated rings. The fourth-order valence-electron chi connectivity index (χ4n) is 2.63. The molecule has 3 aromatic heterocycles. The highest BCUT2D eigenvalue weighted by Crippen LogP contribution is 2.28. The number of halogens is 1. The molecule has 6 nitrogen and oxygen atoms in total. The monoisotopic (exact) mass is 342 g/mol. The third kappa shape index (κ3) is 2.48. The number of fused-ring (bicyclic) bond motifs is 1. The Morgan fingerprint density at radius 3 is 2.83 bits per heavy atom. The van der Waals surface area contributed by atoms with Gasteiger partial charge in [0.15, 0.2) is 10.8 Å². The van der Waals surface area contributed by atoms with Gasteiger partial charge in [-0.05, 0) is 31.5 Å². The molecule has 0 bridgehead atoms. The molecule has 0 saturated heterocycles. The van der Waals surface area contributed by atoms with Crippen molar-refractivity contribution in [2.75, 3.05) is 0 Å². The molecule has 122 valence electrons. The summed E-state index contributed by atoms with van der Waals surface area (Å²) in [7, 11) is 0. The molecule has 24 heavy (non-hydrogen) atoms. The molecule has 4 aromatic rings. The lowest BCUT2D eigenvalue weighted by Crippen LogP contribution is -2.01. The van der Waals surface area contributed by atoms with Crippen LogP contribution < -0.4 is 0 Å². The van der Waals surface area contributed by atoms with Crippen molar-refractivity contribution in [3.63, 3.8) is 0 Å². The van der Waals surface area contributed by atoms with Crippen LogP contribution in [-0.2, 0) is 6.54 Å². The predicted octanol–water partition coefficient (Wildman–Crippen LogP) is 3.57. The van der Waals surface area contributed by atoms with E-state index in [-0.39, 0.29) is 5.82 Å². The molecule has 0 aliphatic heterocycles. The average molecular weight is 342 g/mol. The van der Waals surface area contributed by atoms with Crippen molar-refractivity contribution in [3.05, 3.63) is 41.8 Å². The first-order valence-electron chi connectivity index (χ1n) is 7.68. The number of rotatable bonds is 4. The number of aromatic nitrogens is 6. The summed E-state index contributed by atoms with van der Waals surface area (Å²) >= 11 is 1.45. The van der Waals surface area contributed by atoms with Crippen molar-refractivity contribution < 1.29 is 4.39 Å². The Labute approximate surface area is 141 Å². The Bertz CT molecular complexity index is 1010. The van der Waals surface area contributed by atoms with Gasteiger partial charge in [-0.15, -0.1) is 10.2 Å². The van der Waals surface area contributed by atoms with E-state index in [4.69, 9.17) is 0 Å². The highest BCUT2D eigenvalue weighted by atomic mass is 32.1. The summed E-state index contributed by atoms with van der Waals surface area (Å²) in [6, 6.07) is 8.30. The topological polar surface area (TPSA) is 60.9 Å². The summed E-state index contributed by atoms with van der Waals surface area (Å²) in [6.07, 6.45) is 0.993. The van der Waals surface area contributed by atoms with Crippen molar-refractivity contribution in [1.82, 2.24) is 29.6 Å². The van der Waals surface area contributed by atoms with E-state index >= 15 is 0 Å². The second kappa shape index (κ2) is 5.79. The zero-order chi connectivity index (χ0) is 16.7. The normalized spacial score (nSPS) is 11.5. The summed E-state index contributed by atoms with van der Waals surface area (Å²) in [4.78, 5) is 0.672. The second-order valence-electron chi connectivity index (χ2n) is 5.53. The van der Waals surface area contributed by atoms with Crippen molar-refractivity contribution >= 4 is 16.3 Å². The maximum atomic E-state index is 13.5. The minimum Gasteiger partial charge on any atom is -0.262 e. The molecule has 0 unspecified atom stereocenters. The molecule has 4 rings (SSSR count). The Morgan fingerprint density at radius 1 is 1.17 bits per heavy atom. The summed E-state index contributed by atoms with van der Waals surface area (Å²) in [5, 5.41) is 18.3. The molecule has 0 aliphatic carbocycles. The third-order valence-corrected chi connectivity index (χ3v) is 4.55. The van der Waals surface area contributed by atoms with Crippen LogP contribution >= 0.6 is 11.3 Å². The van der Waals surface area contributed by atoms with E-state index in [1.54, 1.807) is 16.6 Å². The van der Waals surface area contributed by atoms with Crippen LogP contribution in [0.1, 0.15) is 19.0 Å². The molecule has 0 N–H and O–H groups in total. The Hall–Kier alpha value is -2.61. The Morgan fingerprint density at radius 2 is 2.04 bits per heavy atom. The minimum atomic E-state index is -0.309. The maximum absolute atomic E-state index is 13.5. The molecule has 1 aromatic carbocycles. The molecular weight excluding hydrogens is 327 g/mol. The zero-order valence-electron chi connectivity index (χ0n) is 13.3. The van der Waals surface area contributed by atoms with Crippen LogP contribution in [0.5, 0.6) is 0 Å². The van der Waals surface area contributed by atoms with Crippen LogP contribution in [0.25, 0.3) is 27.1 Å². The van der Waals surface area contributed by atoms with Crippen LogP contribution in [0.15, 0.2) is 30.3 Å². The van der Waals surface area contributed by atoms with Crippen molar-refractivity contribution in [1.29, 1.82) is 0 Å². The molecule has 0 aliphatic rings. The van der Waals surface area contributed by atoms with Gasteiger partial charge in [0.05, 0.1) is 11.4 Å². The van der Waals surface area contributed by atoms with Gasteiger partial charge in [0.1, 0.15) is 5.82 Å². The molecule has 0 saturated carbocycles. The van der Waals surface area contributed by atoms with Gasteiger partial charge >= 0.3 is 0 Å². The number of nitrogens with zero attached hydrogens (tertiary/aromatic N) is 6. The molecule has 0 spiro atoms. The largest absolute Gasteiger partial charge is 0.262 e. The fourth-order valence-corrected chi connectivity index (χ4v) is 3.49. The Kier molecular flexibility index (Phi) is 3.61. The van der Waals surface area contributed by atoms with E-state index in [1.807, 2.05) is 17.7 Å². The van der Waals surface area contributed by atoms with Crippen molar-refractivity contribution in [3.8, 4) is 22.1 Å². The van der Waals surface area contributed by atoms with Gasteiger partial charge in [-0.1, -0.05) is 30.4 Å². The predicted molar refractivity (Wildman–Crippen MR) is 90.3 cm³/mol. The first-order valence-corrected chi connectivity index (χ1v) is 8.50. The molecule has 0 atom stereocenters. The maximum Gasteiger partial charge on any atom is 0.235 e. The number of aryl methyl sites for hydroxylation is 2. The minimum absolute atomic E-state index is 0.309. The average Bonchev–Trinajstić information content (AvgIpc) is 3.21. The summed E-state index contributed by atoms with van der Waals surface area (Å²) in [5.74, 6) is 0.224. The van der Waals surface area contributed by atoms with Gasteiger partial charge < -0.3 is 0 Å². The number of hydrogen-bond acceptors (Lipinski definition) is 5. The summed E-state index contributed by atoms with van der Waals surface area (Å²) < 4.78 is 17.1. The molecule has 0 radical (unpaired) electrons. The highest BCUT2D eigenvalue weighted by Gasteiger charge is 2.17. The highest BCUT2D eigenvalue weighted by molar-refractivity contribution is 7.19. The lowest BCUT2D eigenvalue weighted by molar-refractivity contribution is 0.603. The van der Waals surface area contributed by atoms with Crippen LogP contribution in [0.2, 0.25) is 0 Å². The Balaban J connectivity index is 1.83. The fraction of sp³-hybridized carbons (Fsp3) is 0.250.